The minimum atomic E-state index is -4.32. The van der Waals surface area contributed by atoms with Crippen LogP contribution in [0.2, 0.25) is 0 Å². The highest BCUT2D eigenvalue weighted by atomic mass is 32.2. The first-order chi connectivity index (χ1) is 21.1. The Balaban J connectivity index is 2.22. The van der Waals surface area contributed by atoms with Crippen molar-refractivity contribution in [2.75, 3.05) is 24.8 Å². The predicted molar refractivity (Wildman–Crippen MR) is 169 cm³/mol. The summed E-state index contributed by atoms with van der Waals surface area (Å²) in [7, 11) is -4.32. The van der Waals surface area contributed by atoms with Crippen molar-refractivity contribution in [3.63, 3.8) is 0 Å². The molecule has 1 aromatic heterocycles. The molecule has 240 valence electrons. The van der Waals surface area contributed by atoms with Crippen LogP contribution in [0.5, 0.6) is 5.88 Å². The Morgan fingerprint density at radius 2 is 1.69 bits per heavy atom. The Morgan fingerprint density at radius 3 is 2.24 bits per heavy atom. The molecule has 0 aliphatic rings. The average molecular weight is 640 g/mol. The van der Waals surface area contributed by atoms with E-state index in [-0.39, 0.29) is 34.1 Å². The van der Waals surface area contributed by atoms with Gasteiger partial charge in [-0.05, 0) is 53.8 Å². The van der Waals surface area contributed by atoms with Crippen LogP contribution < -0.4 is 21.1 Å². The molecule has 6 N–H and O–H groups in total. The number of nitrogens with one attached hydrogen (secondary N) is 3. The zero-order valence-corrected chi connectivity index (χ0v) is 26.4. The number of pyridine rings is 1. The maximum absolute atomic E-state index is 13.7. The number of ether oxygens (including phenoxy) is 1. The molecular formula is C31H37N5O8S. The molecule has 0 bridgehead atoms. The van der Waals surface area contributed by atoms with Gasteiger partial charge in [0.1, 0.15) is 11.5 Å². The van der Waals surface area contributed by atoms with E-state index < -0.39 is 51.5 Å². The monoisotopic (exact) mass is 639 g/mol. The van der Waals surface area contributed by atoms with Gasteiger partial charge in [0.05, 0.1) is 36.6 Å². The summed E-state index contributed by atoms with van der Waals surface area (Å²) < 4.78 is 34.3. The second-order valence-corrected chi connectivity index (χ2v) is 12.8. The minimum absolute atomic E-state index is 0.0146. The molecule has 0 saturated carbocycles. The molecule has 0 saturated heterocycles. The van der Waals surface area contributed by atoms with Gasteiger partial charge in [-0.15, -0.1) is 0 Å². The highest BCUT2D eigenvalue weighted by molar-refractivity contribution is 7.86. The summed E-state index contributed by atoms with van der Waals surface area (Å²) in [6, 6.07) is 12.6. The van der Waals surface area contributed by atoms with Crippen LogP contribution in [0.3, 0.4) is 0 Å². The smallest absolute Gasteiger partial charge is 0.355 e. The number of benzene rings is 2. The van der Waals surface area contributed by atoms with Crippen molar-refractivity contribution in [3.05, 3.63) is 77.0 Å². The zero-order chi connectivity index (χ0) is 33.5. The van der Waals surface area contributed by atoms with Gasteiger partial charge in [-0.2, -0.15) is 8.42 Å². The summed E-state index contributed by atoms with van der Waals surface area (Å²) >= 11 is 0. The maximum Gasteiger partial charge on any atom is 0.355 e. The van der Waals surface area contributed by atoms with Crippen LogP contribution in [0.1, 0.15) is 70.9 Å². The first-order valence-corrected chi connectivity index (χ1v) is 15.8. The van der Waals surface area contributed by atoms with Crippen LogP contribution in [0, 0.1) is 10.8 Å². The van der Waals surface area contributed by atoms with Gasteiger partial charge in [-0.3, -0.25) is 15.0 Å². The standard InChI is InChI=1S/C31H37N5O8S/c1-6-16-43-24-15-14-21(26(36-24)29(39)34-19-12-10-18(11-13-19)27(32)33)20-8-7-9-22(25(20)30(40)44-45(5,41)42)28(38)35-23(17-37)31(2,3)4/h7-15,23,37H,6,16-17H2,1-5H3,(H3,32,33)(H,34,39)(H,35,38)/t23-/m1/s1. The second-order valence-electron chi connectivity index (χ2n) is 11.2. The molecule has 2 amide bonds. The number of nitrogen functional groups attached to an aromatic ring is 1. The van der Waals surface area contributed by atoms with Crippen molar-refractivity contribution in [1.29, 1.82) is 5.41 Å². The fourth-order valence-electron chi connectivity index (χ4n) is 4.18. The van der Waals surface area contributed by atoms with Crippen molar-refractivity contribution >= 4 is 39.4 Å². The van der Waals surface area contributed by atoms with E-state index in [1.54, 1.807) is 45.0 Å². The molecule has 3 rings (SSSR count). The lowest BCUT2D eigenvalue weighted by Crippen LogP contribution is -2.46. The normalized spacial score (nSPS) is 12.1. The summed E-state index contributed by atoms with van der Waals surface area (Å²) in [4.78, 5) is 45.0. The molecule has 1 atom stereocenters. The molecule has 2 aromatic carbocycles. The lowest BCUT2D eigenvalue weighted by atomic mass is 9.86. The largest absolute Gasteiger partial charge is 0.478 e. The molecule has 0 spiro atoms. The van der Waals surface area contributed by atoms with Crippen molar-refractivity contribution in [1.82, 2.24) is 10.3 Å². The molecule has 13 nitrogen and oxygen atoms in total. The van der Waals surface area contributed by atoms with Gasteiger partial charge in [-0.25, -0.2) is 9.78 Å². The summed E-state index contributed by atoms with van der Waals surface area (Å²) in [5, 5.41) is 22.9. The number of aliphatic hydroxyl groups is 1. The van der Waals surface area contributed by atoms with E-state index in [0.29, 0.717) is 30.5 Å². The molecule has 14 heteroatoms. The Bertz CT molecular complexity index is 1700. The Kier molecular flexibility index (Phi) is 11.0. The van der Waals surface area contributed by atoms with Crippen molar-refractivity contribution in [2.24, 2.45) is 11.1 Å². The minimum Gasteiger partial charge on any atom is -0.478 e. The third-order valence-electron chi connectivity index (χ3n) is 6.56. The summed E-state index contributed by atoms with van der Waals surface area (Å²) in [6.45, 7) is 7.20. The number of anilines is 1. The molecule has 0 radical (unpaired) electrons. The van der Waals surface area contributed by atoms with E-state index in [4.69, 9.17) is 20.1 Å². The third kappa shape index (κ3) is 9.09. The number of carbonyl (C=O) groups excluding carboxylic acids is 3. The van der Waals surface area contributed by atoms with E-state index in [9.17, 15) is 27.9 Å². The van der Waals surface area contributed by atoms with Gasteiger partial charge in [0, 0.05) is 22.9 Å². The highest BCUT2D eigenvalue weighted by Gasteiger charge is 2.31. The third-order valence-corrected chi connectivity index (χ3v) is 7.01. The number of amidine groups is 1. The number of rotatable bonds is 12. The Labute approximate surface area is 261 Å². The van der Waals surface area contributed by atoms with Gasteiger partial charge in [0.25, 0.3) is 11.8 Å². The number of hydrogen-bond acceptors (Lipinski definition) is 10. The quantitative estimate of drug-likeness (QED) is 0.111. The number of amides is 2. The van der Waals surface area contributed by atoms with E-state index in [1.165, 1.54) is 30.3 Å². The van der Waals surface area contributed by atoms with Crippen LogP contribution in [0.15, 0.2) is 54.6 Å². The molecular weight excluding hydrogens is 602 g/mol. The highest BCUT2D eigenvalue weighted by Crippen LogP contribution is 2.32. The fourth-order valence-corrected chi connectivity index (χ4v) is 4.54. The fraction of sp³-hybridized carbons (Fsp3) is 0.323. The van der Waals surface area contributed by atoms with Crippen molar-refractivity contribution < 1.29 is 36.8 Å². The second kappa shape index (κ2) is 14.3. The Hall–Kier alpha value is -4.82. The van der Waals surface area contributed by atoms with Crippen LogP contribution in [0.4, 0.5) is 5.69 Å². The van der Waals surface area contributed by atoms with E-state index in [0.717, 1.165) is 0 Å². The zero-order valence-electron chi connectivity index (χ0n) is 25.6. The predicted octanol–water partition coefficient (Wildman–Crippen LogP) is 3.33. The lowest BCUT2D eigenvalue weighted by Gasteiger charge is -2.30. The van der Waals surface area contributed by atoms with Crippen LogP contribution >= 0.6 is 0 Å². The topological polar surface area (TPSA) is 211 Å². The first kappa shape index (κ1) is 34.7. The number of aromatic nitrogens is 1. The number of carbonyl (C=O) groups is 3. The number of nitrogens with zero attached hydrogens (tertiary/aromatic N) is 1. The SMILES string of the molecule is CCCOc1ccc(-c2cccc(C(=O)N[C@H](CO)C(C)(C)C)c2C(=O)OS(C)(=O)=O)c(C(=O)Nc2ccc(C(=N)N)cc2)n1. The molecule has 3 aromatic rings. The first-order valence-electron chi connectivity index (χ1n) is 13.9. The van der Waals surface area contributed by atoms with E-state index >= 15 is 0 Å². The summed E-state index contributed by atoms with van der Waals surface area (Å²) in [5.74, 6) is -2.88. The molecule has 0 unspecified atom stereocenters. The van der Waals surface area contributed by atoms with Gasteiger partial charge in [0.2, 0.25) is 5.88 Å². The summed E-state index contributed by atoms with van der Waals surface area (Å²) in [5.41, 5.74) is 4.91. The maximum atomic E-state index is 13.7. The van der Waals surface area contributed by atoms with E-state index in [1.807, 2.05) is 6.92 Å². The average Bonchev–Trinajstić information content (AvgIpc) is 2.96. The Morgan fingerprint density at radius 1 is 1.02 bits per heavy atom. The number of aliphatic hydroxyl groups excluding tert-OH is 1. The molecule has 0 fully saturated rings. The van der Waals surface area contributed by atoms with Gasteiger partial charge in [-0.1, -0.05) is 39.8 Å². The molecule has 1 heterocycles. The van der Waals surface area contributed by atoms with Gasteiger partial charge < -0.3 is 30.4 Å². The number of hydrogen-bond donors (Lipinski definition) is 5. The van der Waals surface area contributed by atoms with Gasteiger partial charge in [0.15, 0.2) is 0 Å². The van der Waals surface area contributed by atoms with Crippen LogP contribution in [-0.2, 0) is 14.3 Å². The lowest BCUT2D eigenvalue weighted by molar-refractivity contribution is 0.0736. The van der Waals surface area contributed by atoms with Crippen LogP contribution in [-0.4, -0.2) is 67.6 Å². The summed E-state index contributed by atoms with van der Waals surface area (Å²) in [6.07, 6.45) is 1.35. The van der Waals surface area contributed by atoms with Crippen molar-refractivity contribution in [3.8, 4) is 17.0 Å². The molecule has 0 aliphatic carbocycles. The number of nitrogens with two attached hydrogens (primary N) is 1. The van der Waals surface area contributed by atoms with Crippen LogP contribution in [0.25, 0.3) is 11.1 Å². The molecule has 45 heavy (non-hydrogen) atoms. The van der Waals surface area contributed by atoms with Gasteiger partial charge >= 0.3 is 16.1 Å². The van der Waals surface area contributed by atoms with E-state index in [2.05, 4.69) is 15.6 Å². The van der Waals surface area contributed by atoms with Crippen molar-refractivity contribution in [2.45, 2.75) is 40.2 Å². The molecule has 0 aliphatic heterocycles.